The lowest BCUT2D eigenvalue weighted by Gasteiger charge is -2.14. The highest BCUT2D eigenvalue weighted by Crippen LogP contribution is 2.10. The molecule has 120 valence electrons. The number of nitrogens with one attached hydrogen (secondary N) is 2. The van der Waals surface area contributed by atoms with E-state index in [4.69, 9.17) is 0 Å². The number of nitrogens with zero attached hydrogens (tertiary/aromatic N) is 3. The molecular weight excluding hydrogens is 389 g/mol. The Morgan fingerprint density at radius 3 is 2.77 bits per heavy atom. The number of guanidine groups is 1. The molecule has 2 N–H and O–H groups in total. The van der Waals surface area contributed by atoms with Crippen molar-refractivity contribution in [1.82, 2.24) is 20.4 Å². The zero-order chi connectivity index (χ0) is 15.1. The lowest BCUT2D eigenvalue weighted by atomic mass is 10.2. The van der Waals surface area contributed by atoms with E-state index >= 15 is 0 Å². The quantitative estimate of drug-likeness (QED) is 0.450. The first-order valence-electron chi connectivity index (χ1n) is 7.33. The van der Waals surface area contributed by atoms with Gasteiger partial charge in [-0.05, 0) is 44.5 Å². The second-order valence-corrected chi connectivity index (χ2v) is 5.11. The third-order valence-corrected chi connectivity index (χ3v) is 2.87. The lowest BCUT2D eigenvalue weighted by Crippen LogP contribution is -2.40. The van der Waals surface area contributed by atoms with Gasteiger partial charge in [0.2, 0.25) is 0 Å². The van der Waals surface area contributed by atoms with Gasteiger partial charge in [-0.1, -0.05) is 12.1 Å². The molecule has 0 amide bonds. The first-order valence-corrected chi connectivity index (χ1v) is 7.33. The van der Waals surface area contributed by atoms with Crippen LogP contribution in [0.15, 0.2) is 47.7 Å². The molecule has 0 aliphatic carbocycles. The van der Waals surface area contributed by atoms with Gasteiger partial charge in [-0.2, -0.15) is 5.10 Å². The summed E-state index contributed by atoms with van der Waals surface area (Å²) < 4.78 is 1.85. The molecule has 0 unspecified atom stereocenters. The Labute approximate surface area is 149 Å². The van der Waals surface area contributed by atoms with E-state index in [-0.39, 0.29) is 24.0 Å². The van der Waals surface area contributed by atoms with Crippen LogP contribution in [-0.2, 0) is 6.54 Å². The van der Waals surface area contributed by atoms with E-state index < -0.39 is 0 Å². The fraction of sp³-hybridized carbons (Fsp3) is 0.375. The SMILES string of the molecule is CCNC(=NCc1cccc(-n2cccn2)c1)NC(C)C.I. The summed E-state index contributed by atoms with van der Waals surface area (Å²) in [6.45, 7) is 7.76. The van der Waals surface area contributed by atoms with E-state index in [2.05, 4.69) is 53.6 Å². The Balaban J connectivity index is 0.00000242. The van der Waals surface area contributed by atoms with Gasteiger partial charge >= 0.3 is 0 Å². The van der Waals surface area contributed by atoms with Crippen molar-refractivity contribution in [2.24, 2.45) is 4.99 Å². The van der Waals surface area contributed by atoms with Crippen molar-refractivity contribution < 1.29 is 0 Å². The van der Waals surface area contributed by atoms with Crippen LogP contribution in [0.5, 0.6) is 0 Å². The van der Waals surface area contributed by atoms with Gasteiger partial charge in [-0.25, -0.2) is 9.67 Å². The molecule has 0 atom stereocenters. The highest BCUT2D eigenvalue weighted by molar-refractivity contribution is 14.0. The maximum absolute atomic E-state index is 4.61. The van der Waals surface area contributed by atoms with Crippen LogP contribution in [0.25, 0.3) is 5.69 Å². The fourth-order valence-electron chi connectivity index (χ4n) is 1.98. The van der Waals surface area contributed by atoms with Gasteiger partial charge in [-0.15, -0.1) is 24.0 Å². The molecule has 1 aromatic carbocycles. The smallest absolute Gasteiger partial charge is 0.191 e. The number of aliphatic imine (C=N–C) groups is 1. The Morgan fingerprint density at radius 1 is 1.32 bits per heavy atom. The number of hydrogen-bond donors (Lipinski definition) is 2. The highest BCUT2D eigenvalue weighted by Gasteiger charge is 2.01. The van der Waals surface area contributed by atoms with E-state index in [1.807, 2.05) is 29.1 Å². The highest BCUT2D eigenvalue weighted by atomic mass is 127. The third kappa shape index (κ3) is 5.67. The Hall–Kier alpha value is -1.57. The number of aromatic nitrogens is 2. The Bertz CT molecular complexity index is 578. The summed E-state index contributed by atoms with van der Waals surface area (Å²) in [7, 11) is 0. The lowest BCUT2D eigenvalue weighted by molar-refractivity contribution is 0.700. The zero-order valence-corrected chi connectivity index (χ0v) is 15.6. The maximum Gasteiger partial charge on any atom is 0.191 e. The summed E-state index contributed by atoms with van der Waals surface area (Å²) in [4.78, 5) is 4.61. The van der Waals surface area contributed by atoms with Gasteiger partial charge in [0.05, 0.1) is 12.2 Å². The van der Waals surface area contributed by atoms with E-state index in [1.54, 1.807) is 6.20 Å². The molecule has 6 heteroatoms. The standard InChI is InChI=1S/C16H23N5.HI/c1-4-17-16(20-13(2)3)18-12-14-7-5-8-15(11-14)21-10-6-9-19-21;/h5-11,13H,4,12H2,1-3H3,(H2,17,18,20);1H. The van der Waals surface area contributed by atoms with Gasteiger partial charge in [-0.3, -0.25) is 0 Å². The van der Waals surface area contributed by atoms with E-state index in [1.165, 1.54) is 0 Å². The van der Waals surface area contributed by atoms with Crippen LogP contribution in [0, 0.1) is 0 Å². The van der Waals surface area contributed by atoms with E-state index in [0.717, 1.165) is 23.8 Å². The van der Waals surface area contributed by atoms with Gasteiger partial charge < -0.3 is 10.6 Å². The molecule has 1 heterocycles. The van der Waals surface area contributed by atoms with Crippen LogP contribution in [0.4, 0.5) is 0 Å². The molecule has 0 aliphatic heterocycles. The van der Waals surface area contributed by atoms with E-state index in [9.17, 15) is 0 Å². The van der Waals surface area contributed by atoms with Crippen molar-refractivity contribution in [3.05, 3.63) is 48.3 Å². The minimum atomic E-state index is 0. The largest absolute Gasteiger partial charge is 0.357 e. The molecule has 0 spiro atoms. The molecule has 2 rings (SSSR count). The molecular formula is C16H24IN5. The van der Waals surface area contributed by atoms with Crippen molar-refractivity contribution >= 4 is 29.9 Å². The average Bonchev–Trinajstić information content (AvgIpc) is 2.99. The van der Waals surface area contributed by atoms with Crippen LogP contribution in [0.1, 0.15) is 26.3 Å². The minimum absolute atomic E-state index is 0. The predicted molar refractivity (Wildman–Crippen MR) is 102 cm³/mol. The number of rotatable bonds is 5. The Kier molecular flexibility index (Phi) is 7.94. The van der Waals surface area contributed by atoms with Crippen molar-refractivity contribution in [1.29, 1.82) is 0 Å². The van der Waals surface area contributed by atoms with Gasteiger partial charge in [0.25, 0.3) is 0 Å². The molecule has 2 aromatic rings. The van der Waals surface area contributed by atoms with Gasteiger partial charge in [0.1, 0.15) is 0 Å². The second kappa shape index (κ2) is 9.45. The third-order valence-electron chi connectivity index (χ3n) is 2.87. The van der Waals surface area contributed by atoms with Crippen molar-refractivity contribution in [3.8, 4) is 5.69 Å². The first kappa shape index (κ1) is 18.5. The topological polar surface area (TPSA) is 54.2 Å². The fourth-order valence-corrected chi connectivity index (χ4v) is 1.98. The van der Waals surface area contributed by atoms with E-state index in [0.29, 0.717) is 12.6 Å². The summed E-state index contributed by atoms with van der Waals surface area (Å²) in [6.07, 6.45) is 3.72. The van der Waals surface area contributed by atoms with Crippen LogP contribution < -0.4 is 10.6 Å². The first-order chi connectivity index (χ1) is 10.2. The van der Waals surface area contributed by atoms with Crippen molar-refractivity contribution in [2.75, 3.05) is 6.54 Å². The van der Waals surface area contributed by atoms with Gasteiger partial charge in [0, 0.05) is 25.0 Å². The average molecular weight is 413 g/mol. The van der Waals surface area contributed by atoms with Crippen LogP contribution in [0.2, 0.25) is 0 Å². The molecule has 0 bridgehead atoms. The van der Waals surface area contributed by atoms with Crippen molar-refractivity contribution in [2.45, 2.75) is 33.4 Å². The van der Waals surface area contributed by atoms with Crippen molar-refractivity contribution in [3.63, 3.8) is 0 Å². The normalized spacial score (nSPS) is 11.2. The van der Waals surface area contributed by atoms with Crippen LogP contribution in [0.3, 0.4) is 0 Å². The monoisotopic (exact) mass is 413 g/mol. The van der Waals surface area contributed by atoms with Crippen LogP contribution >= 0.6 is 24.0 Å². The molecule has 5 nitrogen and oxygen atoms in total. The summed E-state index contributed by atoms with van der Waals surface area (Å²) in [5.41, 5.74) is 2.21. The molecule has 22 heavy (non-hydrogen) atoms. The summed E-state index contributed by atoms with van der Waals surface area (Å²) >= 11 is 0. The summed E-state index contributed by atoms with van der Waals surface area (Å²) in [6, 6.07) is 10.5. The molecule has 0 fully saturated rings. The summed E-state index contributed by atoms with van der Waals surface area (Å²) in [5, 5.41) is 10.8. The zero-order valence-electron chi connectivity index (χ0n) is 13.3. The molecule has 0 saturated heterocycles. The Morgan fingerprint density at radius 2 is 2.14 bits per heavy atom. The molecule has 1 aromatic heterocycles. The molecule has 0 aliphatic rings. The minimum Gasteiger partial charge on any atom is -0.357 e. The molecule has 0 radical (unpaired) electrons. The number of halogens is 1. The maximum atomic E-state index is 4.61. The summed E-state index contributed by atoms with van der Waals surface area (Å²) in [5.74, 6) is 0.844. The van der Waals surface area contributed by atoms with Gasteiger partial charge in [0.15, 0.2) is 5.96 Å². The van der Waals surface area contributed by atoms with Crippen LogP contribution in [-0.4, -0.2) is 28.3 Å². The second-order valence-electron chi connectivity index (χ2n) is 5.11. The number of hydrogen-bond acceptors (Lipinski definition) is 2. The predicted octanol–water partition coefficient (Wildman–Crippen LogP) is 2.95. The number of benzene rings is 1. The molecule has 0 saturated carbocycles.